The van der Waals surface area contributed by atoms with Gasteiger partial charge in [0.1, 0.15) is 0 Å². The van der Waals surface area contributed by atoms with Gasteiger partial charge in [0.05, 0.1) is 11.6 Å². The highest BCUT2D eigenvalue weighted by atomic mass is 32.2. The number of aliphatic hydroxyl groups excluding tert-OH is 1. The standard InChI is InChI=1S/C11H18N2O2S2/c1-7-4-5-10(17-7)13-11(15)12-8(2)9(6-14)16-3/h4-5,8-9,14H,6H2,1-3H3,(H2,12,13,15). The van der Waals surface area contributed by atoms with Gasteiger partial charge in [0.2, 0.25) is 0 Å². The molecule has 0 aliphatic heterocycles. The van der Waals surface area contributed by atoms with E-state index in [0.717, 1.165) is 9.88 Å². The van der Waals surface area contributed by atoms with Crippen molar-refractivity contribution >= 4 is 34.1 Å². The average molecular weight is 274 g/mol. The van der Waals surface area contributed by atoms with Crippen molar-refractivity contribution in [2.24, 2.45) is 0 Å². The number of aliphatic hydroxyl groups is 1. The van der Waals surface area contributed by atoms with Gasteiger partial charge < -0.3 is 10.4 Å². The van der Waals surface area contributed by atoms with Crippen LogP contribution in [0.5, 0.6) is 0 Å². The molecule has 0 radical (unpaired) electrons. The third-order valence-electron chi connectivity index (χ3n) is 2.38. The molecule has 0 fully saturated rings. The van der Waals surface area contributed by atoms with Crippen molar-refractivity contribution in [2.45, 2.75) is 25.1 Å². The van der Waals surface area contributed by atoms with E-state index in [4.69, 9.17) is 5.11 Å². The van der Waals surface area contributed by atoms with Crippen LogP contribution in [0.4, 0.5) is 9.80 Å². The fraction of sp³-hybridized carbons (Fsp3) is 0.545. The first-order valence-corrected chi connectivity index (χ1v) is 7.45. The molecule has 1 aromatic rings. The molecule has 3 N–H and O–H groups in total. The van der Waals surface area contributed by atoms with Crippen LogP contribution in [-0.2, 0) is 0 Å². The molecule has 2 unspecified atom stereocenters. The molecule has 0 spiro atoms. The van der Waals surface area contributed by atoms with Crippen molar-refractivity contribution in [3.05, 3.63) is 17.0 Å². The van der Waals surface area contributed by atoms with E-state index in [1.165, 1.54) is 11.3 Å². The molecule has 0 aliphatic carbocycles. The van der Waals surface area contributed by atoms with E-state index in [9.17, 15) is 4.79 Å². The average Bonchev–Trinajstić information content (AvgIpc) is 2.65. The summed E-state index contributed by atoms with van der Waals surface area (Å²) in [5.74, 6) is 0. The molecule has 1 heterocycles. The van der Waals surface area contributed by atoms with E-state index in [2.05, 4.69) is 10.6 Å². The highest BCUT2D eigenvalue weighted by molar-refractivity contribution is 7.99. The summed E-state index contributed by atoms with van der Waals surface area (Å²) in [6, 6.07) is 3.53. The van der Waals surface area contributed by atoms with Crippen LogP contribution in [0, 0.1) is 6.92 Å². The smallest absolute Gasteiger partial charge is 0.320 e. The van der Waals surface area contributed by atoms with E-state index in [0.29, 0.717) is 0 Å². The lowest BCUT2D eigenvalue weighted by Gasteiger charge is -2.21. The zero-order chi connectivity index (χ0) is 12.8. The van der Waals surface area contributed by atoms with Crippen LogP contribution in [0.1, 0.15) is 11.8 Å². The quantitative estimate of drug-likeness (QED) is 0.772. The van der Waals surface area contributed by atoms with Gasteiger partial charge in [0.25, 0.3) is 0 Å². The Morgan fingerprint density at radius 2 is 2.29 bits per heavy atom. The molecule has 2 amide bonds. The van der Waals surface area contributed by atoms with E-state index >= 15 is 0 Å². The monoisotopic (exact) mass is 274 g/mol. The maximum absolute atomic E-state index is 11.7. The Bertz CT molecular complexity index is 364. The minimum Gasteiger partial charge on any atom is -0.395 e. The second kappa shape index (κ2) is 6.88. The van der Waals surface area contributed by atoms with Crippen molar-refractivity contribution < 1.29 is 9.90 Å². The van der Waals surface area contributed by atoms with Gasteiger partial charge in [-0.05, 0) is 32.2 Å². The van der Waals surface area contributed by atoms with Gasteiger partial charge in [-0.15, -0.1) is 11.3 Å². The van der Waals surface area contributed by atoms with Crippen molar-refractivity contribution in [2.75, 3.05) is 18.2 Å². The Kier molecular flexibility index (Phi) is 5.80. The van der Waals surface area contributed by atoms with Crippen LogP contribution in [0.25, 0.3) is 0 Å². The van der Waals surface area contributed by atoms with E-state index in [1.807, 2.05) is 32.2 Å². The third-order valence-corrected chi connectivity index (χ3v) is 4.46. The number of carbonyl (C=O) groups excluding carboxylic acids is 1. The molecule has 2 atom stereocenters. The van der Waals surface area contributed by atoms with Gasteiger partial charge in [0, 0.05) is 16.2 Å². The zero-order valence-electron chi connectivity index (χ0n) is 10.2. The Hall–Kier alpha value is -0.720. The molecule has 96 valence electrons. The number of thiophene rings is 1. The fourth-order valence-electron chi connectivity index (χ4n) is 1.39. The van der Waals surface area contributed by atoms with E-state index in [-0.39, 0.29) is 23.9 Å². The number of amides is 2. The van der Waals surface area contributed by atoms with Gasteiger partial charge in [-0.1, -0.05) is 0 Å². The van der Waals surface area contributed by atoms with Gasteiger partial charge in [0.15, 0.2) is 0 Å². The zero-order valence-corrected chi connectivity index (χ0v) is 11.8. The van der Waals surface area contributed by atoms with Crippen molar-refractivity contribution in [1.82, 2.24) is 5.32 Å². The highest BCUT2D eigenvalue weighted by Gasteiger charge is 2.17. The fourth-order valence-corrected chi connectivity index (χ4v) is 2.77. The number of hydrogen-bond donors (Lipinski definition) is 3. The maximum Gasteiger partial charge on any atom is 0.320 e. The number of urea groups is 1. The van der Waals surface area contributed by atoms with Gasteiger partial charge >= 0.3 is 6.03 Å². The van der Waals surface area contributed by atoms with Crippen molar-refractivity contribution in [3.63, 3.8) is 0 Å². The summed E-state index contributed by atoms with van der Waals surface area (Å²) in [5, 5.41) is 15.6. The number of rotatable bonds is 5. The first-order chi connectivity index (χ1) is 8.06. The minimum atomic E-state index is -0.230. The molecule has 0 aromatic carbocycles. The van der Waals surface area contributed by atoms with Gasteiger partial charge in [-0.25, -0.2) is 4.79 Å². The molecule has 17 heavy (non-hydrogen) atoms. The maximum atomic E-state index is 11.7. The first kappa shape index (κ1) is 14.3. The summed E-state index contributed by atoms with van der Waals surface area (Å²) in [7, 11) is 0. The molecule has 0 bridgehead atoms. The lowest BCUT2D eigenvalue weighted by molar-refractivity contribution is 0.243. The lowest BCUT2D eigenvalue weighted by atomic mass is 10.2. The Morgan fingerprint density at radius 3 is 2.76 bits per heavy atom. The summed E-state index contributed by atoms with van der Waals surface area (Å²) in [6.45, 7) is 3.93. The van der Waals surface area contributed by atoms with E-state index in [1.54, 1.807) is 11.8 Å². The summed E-state index contributed by atoms with van der Waals surface area (Å²) >= 11 is 3.08. The molecule has 0 saturated heterocycles. The third kappa shape index (κ3) is 4.57. The van der Waals surface area contributed by atoms with Crippen LogP contribution in [0.2, 0.25) is 0 Å². The Morgan fingerprint density at radius 1 is 1.59 bits per heavy atom. The molecule has 6 heteroatoms. The second-order valence-electron chi connectivity index (χ2n) is 3.75. The molecule has 1 rings (SSSR count). The molecule has 1 aromatic heterocycles. The Balaban J connectivity index is 2.44. The Labute approximate surface area is 110 Å². The summed E-state index contributed by atoms with van der Waals surface area (Å²) < 4.78 is 0. The number of thioether (sulfide) groups is 1. The summed E-state index contributed by atoms with van der Waals surface area (Å²) in [4.78, 5) is 12.8. The van der Waals surface area contributed by atoms with Crippen LogP contribution >= 0.6 is 23.1 Å². The van der Waals surface area contributed by atoms with Crippen molar-refractivity contribution in [3.8, 4) is 0 Å². The summed E-state index contributed by atoms with van der Waals surface area (Å²) in [5.41, 5.74) is 0. The minimum absolute atomic E-state index is 0.0193. The first-order valence-electron chi connectivity index (χ1n) is 5.34. The largest absolute Gasteiger partial charge is 0.395 e. The van der Waals surface area contributed by atoms with Gasteiger partial charge in [-0.3, -0.25) is 5.32 Å². The van der Waals surface area contributed by atoms with Crippen molar-refractivity contribution in [1.29, 1.82) is 0 Å². The highest BCUT2D eigenvalue weighted by Crippen LogP contribution is 2.20. The number of anilines is 1. The van der Waals surface area contributed by atoms with Crippen LogP contribution in [-0.4, -0.2) is 35.3 Å². The molecule has 4 nitrogen and oxygen atoms in total. The van der Waals surface area contributed by atoms with Crippen LogP contribution < -0.4 is 10.6 Å². The predicted octanol–water partition coefficient (Wildman–Crippen LogP) is 2.29. The normalized spacial score (nSPS) is 14.1. The topological polar surface area (TPSA) is 61.4 Å². The second-order valence-corrected chi connectivity index (χ2v) is 6.12. The number of nitrogens with one attached hydrogen (secondary N) is 2. The molecule has 0 aliphatic rings. The van der Waals surface area contributed by atoms with Crippen LogP contribution in [0.15, 0.2) is 12.1 Å². The van der Waals surface area contributed by atoms with Crippen LogP contribution in [0.3, 0.4) is 0 Å². The van der Waals surface area contributed by atoms with E-state index < -0.39 is 0 Å². The predicted molar refractivity (Wildman–Crippen MR) is 75.1 cm³/mol. The SMILES string of the molecule is CSC(CO)C(C)NC(=O)Nc1ccc(C)s1. The molecular weight excluding hydrogens is 256 g/mol. The number of hydrogen-bond acceptors (Lipinski definition) is 4. The molecule has 0 saturated carbocycles. The van der Waals surface area contributed by atoms with Gasteiger partial charge in [-0.2, -0.15) is 11.8 Å². The summed E-state index contributed by atoms with van der Waals surface area (Å²) in [6.07, 6.45) is 1.92. The lowest BCUT2D eigenvalue weighted by Crippen LogP contribution is -2.43. The number of carbonyl (C=O) groups is 1. The molecular formula is C11H18N2O2S2. The number of aryl methyl sites for hydroxylation is 1.